The number of carbonyl (C=O) groups is 1. The largest absolute Gasteiger partial charge is 0.479 e. The first-order chi connectivity index (χ1) is 10.1. The van der Waals surface area contributed by atoms with E-state index >= 15 is 0 Å². The molecule has 2 aromatic rings. The fraction of sp³-hybridized carbons (Fsp3) is 0.176. The van der Waals surface area contributed by atoms with E-state index in [4.69, 9.17) is 14.7 Å². The highest BCUT2D eigenvalue weighted by Crippen LogP contribution is 2.16. The third-order valence-corrected chi connectivity index (χ3v) is 2.84. The molecule has 0 saturated carbocycles. The number of nitrogens with zero attached hydrogens (tertiary/aromatic N) is 1. The number of ether oxygens (including phenoxy) is 2. The van der Waals surface area contributed by atoms with Gasteiger partial charge in [-0.1, -0.05) is 12.1 Å². The molecule has 4 nitrogen and oxygen atoms in total. The Kier molecular flexibility index (Phi) is 4.57. The molecule has 21 heavy (non-hydrogen) atoms. The van der Waals surface area contributed by atoms with E-state index in [1.165, 1.54) is 0 Å². The van der Waals surface area contributed by atoms with E-state index < -0.39 is 12.1 Å². The number of benzene rings is 2. The summed E-state index contributed by atoms with van der Waals surface area (Å²) in [4.78, 5) is 12.0. The lowest BCUT2D eigenvalue weighted by Gasteiger charge is -2.14. The zero-order valence-electron chi connectivity index (χ0n) is 11.9. The van der Waals surface area contributed by atoms with Gasteiger partial charge >= 0.3 is 5.97 Å². The number of rotatable bonds is 4. The standard InChI is InChI=1S/C17H15NO3/c1-12-4-3-5-16(10-12)21-17(19)13(2)20-15-8-6-14(11-18)7-9-15/h3-10,13H,1-2H3. The van der Waals surface area contributed by atoms with Crippen molar-refractivity contribution < 1.29 is 14.3 Å². The Hall–Kier alpha value is -2.80. The highest BCUT2D eigenvalue weighted by molar-refractivity contribution is 5.77. The predicted octanol–water partition coefficient (Wildman–Crippen LogP) is 3.24. The Bertz CT molecular complexity index is 671. The molecule has 0 aliphatic rings. The van der Waals surface area contributed by atoms with E-state index in [-0.39, 0.29) is 0 Å². The molecule has 0 N–H and O–H groups in total. The van der Waals surface area contributed by atoms with Crippen LogP contribution in [0.15, 0.2) is 48.5 Å². The van der Waals surface area contributed by atoms with Gasteiger partial charge in [0.1, 0.15) is 11.5 Å². The molecule has 0 amide bonds. The van der Waals surface area contributed by atoms with Crippen molar-refractivity contribution >= 4 is 5.97 Å². The Labute approximate surface area is 123 Å². The highest BCUT2D eigenvalue weighted by atomic mass is 16.6. The van der Waals surface area contributed by atoms with Crippen molar-refractivity contribution in [3.63, 3.8) is 0 Å². The molecule has 4 heteroatoms. The van der Waals surface area contributed by atoms with Gasteiger partial charge in [-0.05, 0) is 55.8 Å². The summed E-state index contributed by atoms with van der Waals surface area (Å²) in [6, 6.07) is 15.8. The van der Waals surface area contributed by atoms with Crippen molar-refractivity contribution in [1.29, 1.82) is 5.26 Å². The van der Waals surface area contributed by atoms with Crippen LogP contribution in [0.1, 0.15) is 18.1 Å². The van der Waals surface area contributed by atoms with Crippen LogP contribution in [0, 0.1) is 18.3 Å². The molecule has 2 aromatic carbocycles. The molecular formula is C17H15NO3. The second kappa shape index (κ2) is 6.58. The molecule has 0 radical (unpaired) electrons. The molecular weight excluding hydrogens is 266 g/mol. The Morgan fingerprint density at radius 2 is 1.86 bits per heavy atom. The summed E-state index contributed by atoms with van der Waals surface area (Å²) in [7, 11) is 0. The van der Waals surface area contributed by atoms with Crippen LogP contribution >= 0.6 is 0 Å². The van der Waals surface area contributed by atoms with Crippen LogP contribution < -0.4 is 9.47 Å². The van der Waals surface area contributed by atoms with Crippen molar-refractivity contribution in [2.45, 2.75) is 20.0 Å². The van der Waals surface area contributed by atoms with Crippen LogP contribution in [0.4, 0.5) is 0 Å². The molecule has 0 heterocycles. The summed E-state index contributed by atoms with van der Waals surface area (Å²) >= 11 is 0. The topological polar surface area (TPSA) is 59.3 Å². The predicted molar refractivity (Wildman–Crippen MR) is 78.1 cm³/mol. The van der Waals surface area contributed by atoms with Gasteiger partial charge in [0.15, 0.2) is 6.10 Å². The summed E-state index contributed by atoms with van der Waals surface area (Å²) in [6.07, 6.45) is -0.738. The van der Waals surface area contributed by atoms with Crippen molar-refractivity contribution in [1.82, 2.24) is 0 Å². The van der Waals surface area contributed by atoms with Gasteiger partial charge in [0.25, 0.3) is 0 Å². The van der Waals surface area contributed by atoms with Gasteiger partial charge in [-0.25, -0.2) is 4.79 Å². The molecule has 0 aliphatic heterocycles. The summed E-state index contributed by atoms with van der Waals surface area (Å²) in [5.41, 5.74) is 1.55. The van der Waals surface area contributed by atoms with Gasteiger partial charge in [-0.2, -0.15) is 5.26 Å². The normalized spacial score (nSPS) is 11.3. The third kappa shape index (κ3) is 4.08. The van der Waals surface area contributed by atoms with Crippen LogP contribution in [-0.4, -0.2) is 12.1 Å². The summed E-state index contributed by atoms with van der Waals surface area (Å²) < 4.78 is 10.8. The number of carbonyl (C=O) groups excluding carboxylic acids is 1. The average molecular weight is 281 g/mol. The minimum Gasteiger partial charge on any atom is -0.479 e. The number of nitriles is 1. The van der Waals surface area contributed by atoms with Gasteiger partial charge in [0.05, 0.1) is 11.6 Å². The summed E-state index contributed by atoms with van der Waals surface area (Å²) in [5.74, 6) is 0.544. The molecule has 0 bridgehead atoms. The van der Waals surface area contributed by atoms with Crippen LogP contribution in [0.3, 0.4) is 0 Å². The summed E-state index contributed by atoms with van der Waals surface area (Å²) in [5, 5.41) is 8.72. The molecule has 0 saturated heterocycles. The maximum atomic E-state index is 12.0. The quantitative estimate of drug-likeness (QED) is 0.637. The van der Waals surface area contributed by atoms with E-state index in [0.717, 1.165) is 5.56 Å². The Morgan fingerprint density at radius 1 is 1.14 bits per heavy atom. The fourth-order valence-electron chi connectivity index (χ4n) is 1.74. The number of aryl methyl sites for hydroxylation is 1. The van der Waals surface area contributed by atoms with Gasteiger partial charge in [-0.15, -0.1) is 0 Å². The van der Waals surface area contributed by atoms with E-state index in [9.17, 15) is 4.79 Å². The van der Waals surface area contributed by atoms with Gasteiger partial charge in [0.2, 0.25) is 0 Å². The van der Waals surface area contributed by atoms with Crippen LogP contribution in [0.25, 0.3) is 0 Å². The van der Waals surface area contributed by atoms with Crippen LogP contribution in [-0.2, 0) is 4.79 Å². The molecule has 2 rings (SSSR count). The van der Waals surface area contributed by atoms with Crippen molar-refractivity contribution in [3.05, 3.63) is 59.7 Å². The first kappa shape index (κ1) is 14.6. The third-order valence-electron chi connectivity index (χ3n) is 2.84. The molecule has 0 aliphatic carbocycles. The molecule has 0 fully saturated rings. The fourth-order valence-corrected chi connectivity index (χ4v) is 1.74. The minimum absolute atomic E-state index is 0.468. The zero-order chi connectivity index (χ0) is 15.2. The highest BCUT2D eigenvalue weighted by Gasteiger charge is 2.17. The van der Waals surface area contributed by atoms with Gasteiger partial charge in [0, 0.05) is 0 Å². The molecule has 0 spiro atoms. The maximum Gasteiger partial charge on any atom is 0.352 e. The summed E-state index contributed by atoms with van der Waals surface area (Å²) in [6.45, 7) is 3.55. The zero-order valence-corrected chi connectivity index (χ0v) is 11.9. The lowest BCUT2D eigenvalue weighted by Crippen LogP contribution is -2.28. The van der Waals surface area contributed by atoms with Gasteiger partial charge in [-0.3, -0.25) is 0 Å². The van der Waals surface area contributed by atoms with Crippen molar-refractivity contribution in [3.8, 4) is 17.6 Å². The first-order valence-corrected chi connectivity index (χ1v) is 6.53. The van der Waals surface area contributed by atoms with Crippen molar-refractivity contribution in [2.24, 2.45) is 0 Å². The van der Waals surface area contributed by atoms with E-state index in [1.807, 2.05) is 25.1 Å². The number of hydrogen-bond donors (Lipinski definition) is 0. The van der Waals surface area contributed by atoms with Crippen molar-refractivity contribution in [2.75, 3.05) is 0 Å². The molecule has 0 aromatic heterocycles. The number of esters is 1. The van der Waals surface area contributed by atoms with Crippen LogP contribution in [0.5, 0.6) is 11.5 Å². The maximum absolute atomic E-state index is 12.0. The minimum atomic E-state index is -0.738. The molecule has 1 unspecified atom stereocenters. The van der Waals surface area contributed by atoms with E-state index in [2.05, 4.69) is 0 Å². The SMILES string of the molecule is Cc1cccc(OC(=O)C(C)Oc2ccc(C#N)cc2)c1. The van der Waals surface area contributed by atoms with E-state index in [0.29, 0.717) is 17.1 Å². The second-order valence-electron chi connectivity index (χ2n) is 4.63. The number of hydrogen-bond acceptors (Lipinski definition) is 4. The molecule has 1 atom stereocenters. The van der Waals surface area contributed by atoms with Gasteiger partial charge < -0.3 is 9.47 Å². The first-order valence-electron chi connectivity index (χ1n) is 6.53. The lowest BCUT2D eigenvalue weighted by molar-refractivity contribution is -0.141. The second-order valence-corrected chi connectivity index (χ2v) is 4.63. The Balaban J connectivity index is 1.97. The van der Waals surface area contributed by atoms with E-state index in [1.54, 1.807) is 43.3 Å². The monoisotopic (exact) mass is 281 g/mol. The smallest absolute Gasteiger partial charge is 0.352 e. The average Bonchev–Trinajstić information content (AvgIpc) is 2.48. The van der Waals surface area contributed by atoms with Crippen LogP contribution in [0.2, 0.25) is 0 Å². The molecule has 106 valence electrons. The lowest BCUT2D eigenvalue weighted by atomic mass is 10.2. The Morgan fingerprint density at radius 3 is 2.48 bits per heavy atom.